The van der Waals surface area contributed by atoms with Crippen LogP contribution >= 0.6 is 0 Å². The number of hydrazine groups is 1. The normalized spacial score (nSPS) is 11.0. The summed E-state index contributed by atoms with van der Waals surface area (Å²) in [6.45, 7) is 17.3. The van der Waals surface area contributed by atoms with E-state index in [0.29, 0.717) is 18.3 Å². The molecule has 0 spiro atoms. The lowest BCUT2D eigenvalue weighted by atomic mass is 10.0. The van der Waals surface area contributed by atoms with E-state index in [4.69, 9.17) is 16.3 Å². The molecule has 0 heterocycles. The fourth-order valence-electron chi connectivity index (χ4n) is 1.79. The summed E-state index contributed by atoms with van der Waals surface area (Å²) in [7, 11) is 0. The third-order valence-corrected chi connectivity index (χ3v) is 2.76. The fourth-order valence-corrected chi connectivity index (χ4v) is 1.79. The molecule has 0 bridgehead atoms. The van der Waals surface area contributed by atoms with Crippen LogP contribution in [0.15, 0.2) is 29.4 Å². The number of benzene rings is 1. The van der Waals surface area contributed by atoms with E-state index in [1.165, 1.54) is 0 Å². The third-order valence-electron chi connectivity index (χ3n) is 2.76. The molecule has 29 heavy (non-hydrogen) atoms. The molecule has 0 aliphatic heterocycles. The van der Waals surface area contributed by atoms with E-state index in [9.17, 15) is 9.59 Å². The predicted molar refractivity (Wildman–Crippen MR) is 121 cm³/mol. The van der Waals surface area contributed by atoms with Crippen LogP contribution in [0.4, 0.5) is 4.79 Å². The van der Waals surface area contributed by atoms with Crippen molar-refractivity contribution in [2.75, 3.05) is 0 Å². The Hall–Kier alpha value is -2.61. The molecule has 0 fully saturated rings. The molecule has 1 atom stereocenters. The van der Waals surface area contributed by atoms with Crippen LogP contribution in [0.2, 0.25) is 0 Å². The molecule has 0 aliphatic carbocycles. The molecule has 0 aliphatic rings. The molecule has 1 unspecified atom stereocenters. The maximum Gasteiger partial charge on any atom is 0.408 e. The SMILES string of the molecule is CC.CC.CC.CC(C)(C)OC(=O)NC(C=O)Cc1ccc(/C(N)=N/NN)cc1. The van der Waals surface area contributed by atoms with Gasteiger partial charge in [-0.2, -0.15) is 0 Å². The maximum absolute atomic E-state index is 11.7. The van der Waals surface area contributed by atoms with Crippen molar-refractivity contribution in [3.05, 3.63) is 35.4 Å². The van der Waals surface area contributed by atoms with Gasteiger partial charge in [0.25, 0.3) is 0 Å². The number of hydrogen-bond acceptors (Lipinski definition) is 6. The zero-order valence-corrected chi connectivity index (χ0v) is 19.5. The van der Waals surface area contributed by atoms with Gasteiger partial charge >= 0.3 is 6.09 Å². The molecular formula is C21H41N5O3. The number of rotatable bonds is 6. The van der Waals surface area contributed by atoms with E-state index in [-0.39, 0.29) is 5.84 Å². The highest BCUT2D eigenvalue weighted by atomic mass is 16.6. The lowest BCUT2D eigenvalue weighted by Crippen LogP contribution is -2.41. The van der Waals surface area contributed by atoms with Crippen molar-refractivity contribution in [2.45, 2.75) is 80.4 Å². The van der Waals surface area contributed by atoms with E-state index in [1.807, 2.05) is 41.5 Å². The Morgan fingerprint density at radius 3 is 1.97 bits per heavy atom. The number of nitrogens with zero attached hydrogens (tertiary/aromatic N) is 1. The van der Waals surface area contributed by atoms with Gasteiger partial charge in [0.05, 0.1) is 6.04 Å². The minimum Gasteiger partial charge on any atom is -0.444 e. The molecule has 0 saturated carbocycles. The van der Waals surface area contributed by atoms with Gasteiger partial charge in [0.1, 0.15) is 11.9 Å². The van der Waals surface area contributed by atoms with Crippen LogP contribution in [-0.4, -0.2) is 29.9 Å². The second-order valence-electron chi connectivity index (χ2n) is 5.92. The number of nitrogens with two attached hydrogens (primary N) is 2. The first-order chi connectivity index (χ1) is 13.7. The molecule has 0 saturated heterocycles. The van der Waals surface area contributed by atoms with E-state index in [0.717, 1.165) is 5.56 Å². The summed E-state index contributed by atoms with van der Waals surface area (Å²) < 4.78 is 5.13. The highest BCUT2D eigenvalue weighted by Gasteiger charge is 2.19. The van der Waals surface area contributed by atoms with E-state index in [1.54, 1.807) is 45.0 Å². The molecule has 1 aromatic rings. The summed E-state index contributed by atoms with van der Waals surface area (Å²) in [6, 6.07) is 6.41. The van der Waals surface area contributed by atoms with E-state index < -0.39 is 17.7 Å². The first kappa shape index (κ1) is 31.1. The smallest absolute Gasteiger partial charge is 0.408 e. The van der Waals surface area contributed by atoms with Gasteiger partial charge < -0.3 is 20.6 Å². The number of amides is 1. The predicted octanol–water partition coefficient (Wildman–Crippen LogP) is 3.48. The number of hydrazone groups is 1. The van der Waals surface area contributed by atoms with Gasteiger partial charge in [-0.1, -0.05) is 65.8 Å². The molecule has 8 nitrogen and oxygen atoms in total. The molecule has 6 N–H and O–H groups in total. The zero-order valence-electron chi connectivity index (χ0n) is 19.5. The number of aldehydes is 1. The Labute approximate surface area is 176 Å². The standard InChI is InChI=1S/C15H23N5O3.3C2H6/c1-15(2,3)23-14(22)18-12(9-21)8-10-4-6-11(7-5-10)13(16)19-20-17;3*1-2/h4-7,9,12,20H,8,17H2,1-3H3,(H2,16,19)(H,18,22);3*1-2H3. The fraction of sp³-hybridized carbons (Fsp3) is 0.571. The van der Waals surface area contributed by atoms with Crippen LogP contribution in [0.3, 0.4) is 0 Å². The summed E-state index contributed by atoms with van der Waals surface area (Å²) in [5.74, 6) is 5.31. The Bertz CT molecular complexity index is 567. The average Bonchev–Trinajstić information content (AvgIpc) is 2.71. The second kappa shape index (κ2) is 18.7. The molecule has 168 valence electrons. The largest absolute Gasteiger partial charge is 0.444 e. The second-order valence-corrected chi connectivity index (χ2v) is 5.92. The number of amidine groups is 1. The average molecular weight is 412 g/mol. The van der Waals surface area contributed by atoms with Crippen molar-refractivity contribution in [2.24, 2.45) is 16.7 Å². The lowest BCUT2D eigenvalue weighted by Gasteiger charge is -2.21. The van der Waals surface area contributed by atoms with Crippen molar-refractivity contribution in [3.8, 4) is 0 Å². The van der Waals surface area contributed by atoms with Crippen molar-refractivity contribution >= 4 is 18.2 Å². The van der Waals surface area contributed by atoms with Gasteiger partial charge in [-0.15, -0.1) is 5.10 Å². The zero-order chi connectivity index (χ0) is 23.5. The summed E-state index contributed by atoms with van der Waals surface area (Å²) in [6.07, 6.45) is 0.387. The topological polar surface area (TPSA) is 132 Å². The molecule has 1 aromatic carbocycles. The third kappa shape index (κ3) is 16.1. The number of hydrogen-bond donors (Lipinski definition) is 4. The number of alkyl carbamates (subject to hydrolysis) is 1. The van der Waals surface area contributed by atoms with Crippen molar-refractivity contribution in [3.63, 3.8) is 0 Å². The van der Waals surface area contributed by atoms with Gasteiger partial charge in [0.15, 0.2) is 5.84 Å². The van der Waals surface area contributed by atoms with Gasteiger partial charge in [-0.3, -0.25) is 0 Å². The van der Waals surface area contributed by atoms with Gasteiger partial charge in [-0.05, 0) is 32.8 Å². The minimum absolute atomic E-state index is 0.248. The molecule has 1 amide bonds. The summed E-state index contributed by atoms with van der Waals surface area (Å²) >= 11 is 0. The molecular weight excluding hydrogens is 370 g/mol. The Morgan fingerprint density at radius 1 is 1.10 bits per heavy atom. The Kier molecular flexibility index (Phi) is 20.1. The number of ether oxygens (including phenoxy) is 1. The quantitative estimate of drug-likeness (QED) is 0.186. The number of nitrogens with one attached hydrogen (secondary N) is 2. The highest BCUT2D eigenvalue weighted by molar-refractivity contribution is 5.97. The van der Waals surface area contributed by atoms with Crippen LogP contribution in [0.5, 0.6) is 0 Å². The summed E-state index contributed by atoms with van der Waals surface area (Å²) in [4.78, 5) is 22.8. The Balaban J connectivity index is -0.00000103. The molecule has 0 aromatic heterocycles. The van der Waals surface area contributed by atoms with Crippen LogP contribution < -0.4 is 22.4 Å². The van der Waals surface area contributed by atoms with Crippen LogP contribution in [0.25, 0.3) is 0 Å². The van der Waals surface area contributed by atoms with Crippen LogP contribution in [0, 0.1) is 0 Å². The molecule has 8 heteroatoms. The van der Waals surface area contributed by atoms with Gasteiger partial charge in [0.2, 0.25) is 0 Å². The van der Waals surface area contributed by atoms with Crippen LogP contribution in [-0.2, 0) is 16.0 Å². The first-order valence-electron chi connectivity index (χ1n) is 10.1. The monoisotopic (exact) mass is 411 g/mol. The first-order valence-corrected chi connectivity index (χ1v) is 10.1. The van der Waals surface area contributed by atoms with E-state index in [2.05, 4.69) is 16.0 Å². The van der Waals surface area contributed by atoms with Crippen molar-refractivity contribution in [1.82, 2.24) is 10.9 Å². The van der Waals surface area contributed by atoms with Gasteiger partial charge in [0, 0.05) is 5.56 Å². The Morgan fingerprint density at radius 2 is 1.59 bits per heavy atom. The van der Waals surface area contributed by atoms with Gasteiger partial charge in [-0.25, -0.2) is 16.2 Å². The lowest BCUT2D eigenvalue weighted by molar-refractivity contribution is -0.109. The van der Waals surface area contributed by atoms with Crippen molar-refractivity contribution < 1.29 is 14.3 Å². The highest BCUT2D eigenvalue weighted by Crippen LogP contribution is 2.09. The summed E-state index contributed by atoms with van der Waals surface area (Å²) in [5, 5.41) is 6.19. The van der Waals surface area contributed by atoms with E-state index >= 15 is 0 Å². The maximum atomic E-state index is 11.7. The summed E-state index contributed by atoms with van der Waals surface area (Å²) in [5.41, 5.74) is 8.73. The molecule has 0 radical (unpaired) electrons. The number of carbonyl (C=O) groups excluding carboxylic acids is 2. The van der Waals surface area contributed by atoms with Crippen molar-refractivity contribution in [1.29, 1.82) is 0 Å². The molecule has 1 rings (SSSR count). The van der Waals surface area contributed by atoms with Crippen LogP contribution in [0.1, 0.15) is 73.4 Å². The number of carbonyl (C=O) groups is 2. The minimum atomic E-state index is -0.674.